The number of hydrogen-bond donors (Lipinski definition) is 4. The quantitative estimate of drug-likeness (QED) is 0.506. The van der Waals surface area contributed by atoms with Crippen molar-refractivity contribution in [2.75, 3.05) is 5.73 Å². The van der Waals surface area contributed by atoms with Crippen molar-refractivity contribution in [3.63, 3.8) is 0 Å². The van der Waals surface area contributed by atoms with Crippen molar-refractivity contribution < 1.29 is 5.11 Å². The van der Waals surface area contributed by atoms with Crippen molar-refractivity contribution in [2.24, 2.45) is 0 Å². The van der Waals surface area contributed by atoms with E-state index in [0.29, 0.717) is 10.7 Å². The molecule has 0 fully saturated rings. The first kappa shape index (κ1) is 11.0. The number of anilines is 1. The third-order valence-electron chi connectivity index (χ3n) is 2.92. The molecule has 0 spiro atoms. The van der Waals surface area contributed by atoms with Gasteiger partial charge in [0.2, 0.25) is 0 Å². The Labute approximate surface area is 109 Å². The average Bonchev–Trinajstić information content (AvgIpc) is 2.74. The molecule has 0 unspecified atom stereocenters. The second kappa shape index (κ2) is 3.96. The number of phenolic OH excluding ortho intramolecular Hbond substituents is 1. The monoisotopic (exact) mass is 257 g/mol. The molecule has 0 aliphatic carbocycles. The molecule has 0 atom stereocenters. The minimum atomic E-state index is 0.174. The number of para-hydroxylation sites is 1. The number of rotatable bonds is 1. The number of thiol groups is 1. The Balaban J connectivity index is 2.22. The largest absolute Gasteiger partial charge is 0.506 e. The molecule has 0 saturated heterocycles. The van der Waals surface area contributed by atoms with Crippen LogP contribution in [0.2, 0.25) is 0 Å². The van der Waals surface area contributed by atoms with Crippen molar-refractivity contribution in [2.45, 2.75) is 4.90 Å². The second-order valence-corrected chi connectivity index (χ2v) is 4.52. The van der Waals surface area contributed by atoms with Gasteiger partial charge in [0.15, 0.2) is 5.82 Å². The number of nitrogen functional groups attached to an aromatic ring is 1. The highest BCUT2D eigenvalue weighted by Crippen LogP contribution is 2.35. The Hall–Kier alpha value is -2.14. The summed E-state index contributed by atoms with van der Waals surface area (Å²) in [5.74, 6) is 0.649. The van der Waals surface area contributed by atoms with Gasteiger partial charge in [-0.2, -0.15) is 5.10 Å². The van der Waals surface area contributed by atoms with E-state index in [2.05, 4.69) is 22.8 Å². The number of aromatic nitrogens is 2. The van der Waals surface area contributed by atoms with Crippen LogP contribution in [-0.4, -0.2) is 15.3 Å². The molecule has 0 radical (unpaired) electrons. The first-order valence-electron chi connectivity index (χ1n) is 5.42. The first-order valence-corrected chi connectivity index (χ1v) is 5.86. The molecule has 4 N–H and O–H groups in total. The lowest BCUT2D eigenvalue weighted by molar-refractivity contribution is 0.465. The molecule has 0 aliphatic rings. The lowest BCUT2D eigenvalue weighted by Gasteiger charge is -2.06. The number of nitrogens with two attached hydrogens (primary N) is 1. The van der Waals surface area contributed by atoms with Gasteiger partial charge in [0.1, 0.15) is 5.75 Å². The van der Waals surface area contributed by atoms with Crippen molar-refractivity contribution in [1.82, 2.24) is 10.2 Å². The summed E-state index contributed by atoms with van der Waals surface area (Å²) in [5, 5.41) is 17.7. The Morgan fingerprint density at radius 3 is 2.89 bits per heavy atom. The minimum absolute atomic E-state index is 0.174. The van der Waals surface area contributed by atoms with Gasteiger partial charge in [-0.05, 0) is 23.8 Å². The number of fused-ring (bicyclic) bond motifs is 1. The second-order valence-electron chi connectivity index (χ2n) is 4.04. The molecule has 3 rings (SSSR count). The first-order chi connectivity index (χ1) is 8.66. The molecule has 1 heterocycles. The molecule has 5 heteroatoms. The summed E-state index contributed by atoms with van der Waals surface area (Å²) in [7, 11) is 0. The maximum Gasteiger partial charge on any atom is 0.153 e. The van der Waals surface area contributed by atoms with Crippen molar-refractivity contribution in [3.05, 3.63) is 36.4 Å². The standard InChI is InChI=1S/C13H11N3OS/c14-13-9-5-4-7(6-10(9)15-16-13)8-2-1-3-11(18)12(8)17/h1-6,17-18H,(H3,14,15,16). The van der Waals surface area contributed by atoms with Gasteiger partial charge in [0.05, 0.1) is 5.52 Å². The summed E-state index contributed by atoms with van der Waals surface area (Å²) in [4.78, 5) is 0.553. The van der Waals surface area contributed by atoms with Crippen molar-refractivity contribution in [1.29, 1.82) is 0 Å². The van der Waals surface area contributed by atoms with Crippen LogP contribution in [0.25, 0.3) is 22.0 Å². The van der Waals surface area contributed by atoms with Crippen LogP contribution < -0.4 is 5.73 Å². The van der Waals surface area contributed by atoms with Crippen LogP contribution in [0.1, 0.15) is 0 Å². The molecule has 2 aromatic carbocycles. The molecule has 0 bridgehead atoms. The molecule has 18 heavy (non-hydrogen) atoms. The van der Waals surface area contributed by atoms with E-state index in [9.17, 15) is 5.11 Å². The maximum absolute atomic E-state index is 10.0. The van der Waals surface area contributed by atoms with E-state index in [1.165, 1.54) is 0 Å². The van der Waals surface area contributed by atoms with Gasteiger partial charge in [-0.1, -0.05) is 18.2 Å². The molecule has 0 amide bonds. The van der Waals surface area contributed by atoms with E-state index in [1.54, 1.807) is 6.07 Å². The summed E-state index contributed by atoms with van der Waals surface area (Å²) in [6.07, 6.45) is 0. The van der Waals surface area contributed by atoms with Gasteiger partial charge in [-0.3, -0.25) is 5.10 Å². The van der Waals surface area contributed by atoms with E-state index in [-0.39, 0.29) is 5.75 Å². The zero-order chi connectivity index (χ0) is 12.7. The Bertz CT molecular complexity index is 736. The third kappa shape index (κ3) is 1.60. The minimum Gasteiger partial charge on any atom is -0.506 e. The highest BCUT2D eigenvalue weighted by atomic mass is 32.1. The predicted octanol–water partition coefficient (Wildman–Crippen LogP) is 2.81. The smallest absolute Gasteiger partial charge is 0.153 e. The molecule has 4 nitrogen and oxygen atoms in total. The lowest BCUT2D eigenvalue weighted by atomic mass is 10.0. The van der Waals surface area contributed by atoms with Crippen LogP contribution in [0.5, 0.6) is 5.75 Å². The fourth-order valence-electron chi connectivity index (χ4n) is 1.97. The molecule has 90 valence electrons. The summed E-state index contributed by atoms with van der Waals surface area (Å²) in [6.45, 7) is 0. The topological polar surface area (TPSA) is 74.9 Å². The van der Waals surface area contributed by atoms with Gasteiger partial charge in [0, 0.05) is 15.8 Å². The van der Waals surface area contributed by atoms with Gasteiger partial charge >= 0.3 is 0 Å². The van der Waals surface area contributed by atoms with Crippen LogP contribution in [0.3, 0.4) is 0 Å². The highest BCUT2D eigenvalue weighted by molar-refractivity contribution is 7.80. The lowest BCUT2D eigenvalue weighted by Crippen LogP contribution is -1.84. The van der Waals surface area contributed by atoms with E-state index in [4.69, 9.17) is 5.73 Å². The number of benzene rings is 2. The number of phenols is 1. The van der Waals surface area contributed by atoms with Crippen LogP contribution in [-0.2, 0) is 0 Å². The number of aromatic hydroxyl groups is 1. The van der Waals surface area contributed by atoms with E-state index >= 15 is 0 Å². The average molecular weight is 257 g/mol. The number of nitrogens with one attached hydrogen (secondary N) is 1. The Morgan fingerprint density at radius 1 is 1.22 bits per heavy atom. The van der Waals surface area contributed by atoms with E-state index < -0.39 is 0 Å². The molecular formula is C13H11N3OS. The molecular weight excluding hydrogens is 246 g/mol. The fourth-order valence-corrected chi connectivity index (χ4v) is 2.18. The summed E-state index contributed by atoms with van der Waals surface area (Å²) in [5.41, 5.74) is 8.18. The van der Waals surface area contributed by atoms with Crippen molar-refractivity contribution in [3.8, 4) is 16.9 Å². The number of hydrogen-bond acceptors (Lipinski definition) is 4. The summed E-state index contributed by atoms with van der Waals surface area (Å²) < 4.78 is 0. The number of nitrogens with zero attached hydrogens (tertiary/aromatic N) is 1. The number of H-pyrrole nitrogens is 1. The molecule has 0 aliphatic heterocycles. The Morgan fingerprint density at radius 2 is 2.06 bits per heavy atom. The molecule has 3 aromatic rings. The van der Waals surface area contributed by atoms with Crippen LogP contribution >= 0.6 is 12.6 Å². The van der Waals surface area contributed by atoms with Gasteiger partial charge in [0.25, 0.3) is 0 Å². The SMILES string of the molecule is Nc1n[nH]c2cc(-c3cccc(S)c3O)ccc12. The highest BCUT2D eigenvalue weighted by Gasteiger charge is 2.09. The van der Waals surface area contributed by atoms with E-state index in [1.807, 2.05) is 30.3 Å². The molecule has 0 saturated carbocycles. The van der Waals surface area contributed by atoms with Gasteiger partial charge in [-0.15, -0.1) is 12.6 Å². The van der Waals surface area contributed by atoms with E-state index in [0.717, 1.165) is 22.0 Å². The van der Waals surface area contributed by atoms with Crippen LogP contribution in [0.4, 0.5) is 5.82 Å². The zero-order valence-corrected chi connectivity index (χ0v) is 10.3. The van der Waals surface area contributed by atoms with Crippen LogP contribution in [0.15, 0.2) is 41.3 Å². The number of aromatic amines is 1. The zero-order valence-electron chi connectivity index (χ0n) is 9.38. The fraction of sp³-hybridized carbons (Fsp3) is 0. The predicted molar refractivity (Wildman–Crippen MR) is 74.9 cm³/mol. The molecule has 1 aromatic heterocycles. The van der Waals surface area contributed by atoms with Gasteiger partial charge in [-0.25, -0.2) is 0 Å². The summed E-state index contributed by atoms with van der Waals surface area (Å²) in [6, 6.07) is 11.1. The normalized spacial score (nSPS) is 10.9. The Kier molecular flexibility index (Phi) is 2.41. The third-order valence-corrected chi connectivity index (χ3v) is 3.28. The van der Waals surface area contributed by atoms with Gasteiger partial charge < -0.3 is 10.8 Å². The van der Waals surface area contributed by atoms with Crippen molar-refractivity contribution >= 4 is 29.3 Å². The van der Waals surface area contributed by atoms with Crippen LogP contribution in [0, 0.1) is 0 Å². The maximum atomic E-state index is 10.0. The summed E-state index contributed by atoms with van der Waals surface area (Å²) >= 11 is 4.21.